The standard InChI is InChI=1S/C21H29N5O2/c1-21(2,3)15-25-11-9-22-20(28)18(25)13-19(27)23-14-16-6-4-7-17(12-16)26-10-5-8-24-26/h4-8,10,12,18H,9,11,13-15H2,1-3H3,(H,22,28)(H,23,27)/t18-/m0/s1. The molecule has 2 amide bonds. The molecular weight excluding hydrogens is 354 g/mol. The number of benzene rings is 1. The highest BCUT2D eigenvalue weighted by Gasteiger charge is 2.33. The Morgan fingerprint density at radius 3 is 2.86 bits per heavy atom. The fourth-order valence-corrected chi connectivity index (χ4v) is 3.46. The van der Waals surface area contributed by atoms with Gasteiger partial charge in [-0.15, -0.1) is 0 Å². The second-order valence-electron chi connectivity index (χ2n) is 8.44. The average molecular weight is 383 g/mol. The molecule has 2 aromatic rings. The van der Waals surface area contributed by atoms with Gasteiger partial charge in [-0.05, 0) is 29.2 Å². The molecule has 1 aromatic carbocycles. The third kappa shape index (κ3) is 5.42. The van der Waals surface area contributed by atoms with Gasteiger partial charge < -0.3 is 10.6 Å². The molecule has 0 saturated carbocycles. The van der Waals surface area contributed by atoms with Gasteiger partial charge in [-0.2, -0.15) is 5.10 Å². The van der Waals surface area contributed by atoms with Crippen molar-refractivity contribution < 1.29 is 9.59 Å². The van der Waals surface area contributed by atoms with Crippen LogP contribution in [0.5, 0.6) is 0 Å². The topological polar surface area (TPSA) is 79.3 Å². The molecule has 1 fully saturated rings. The summed E-state index contributed by atoms with van der Waals surface area (Å²) in [6.45, 7) is 9.03. The van der Waals surface area contributed by atoms with Gasteiger partial charge >= 0.3 is 0 Å². The quantitative estimate of drug-likeness (QED) is 0.796. The lowest BCUT2D eigenvalue weighted by atomic mass is 9.94. The molecule has 3 rings (SSSR count). The minimum atomic E-state index is -0.414. The molecule has 2 heterocycles. The second kappa shape index (κ2) is 8.56. The lowest BCUT2D eigenvalue weighted by Gasteiger charge is -2.38. The third-order valence-electron chi connectivity index (χ3n) is 4.67. The molecule has 0 spiro atoms. The van der Waals surface area contributed by atoms with Crippen LogP contribution >= 0.6 is 0 Å². The molecule has 0 bridgehead atoms. The first-order valence-corrected chi connectivity index (χ1v) is 9.69. The Morgan fingerprint density at radius 1 is 1.32 bits per heavy atom. The van der Waals surface area contributed by atoms with Gasteiger partial charge in [0.2, 0.25) is 11.8 Å². The molecule has 0 radical (unpaired) electrons. The van der Waals surface area contributed by atoms with Gasteiger partial charge in [-0.1, -0.05) is 32.9 Å². The number of hydrogen-bond donors (Lipinski definition) is 2. The second-order valence-corrected chi connectivity index (χ2v) is 8.44. The highest BCUT2D eigenvalue weighted by Crippen LogP contribution is 2.19. The van der Waals surface area contributed by atoms with Crippen molar-refractivity contribution >= 4 is 11.8 Å². The van der Waals surface area contributed by atoms with E-state index >= 15 is 0 Å². The van der Waals surface area contributed by atoms with Crippen LogP contribution in [0.4, 0.5) is 0 Å². The summed E-state index contributed by atoms with van der Waals surface area (Å²) in [5, 5.41) is 10.1. The normalized spacial score (nSPS) is 18.0. The van der Waals surface area contributed by atoms with E-state index < -0.39 is 6.04 Å². The molecule has 1 aliphatic heterocycles. The van der Waals surface area contributed by atoms with Gasteiger partial charge in [0.25, 0.3) is 0 Å². The number of nitrogens with zero attached hydrogens (tertiary/aromatic N) is 3. The predicted molar refractivity (Wildman–Crippen MR) is 108 cm³/mol. The number of rotatable bonds is 6. The molecule has 7 nitrogen and oxygen atoms in total. The monoisotopic (exact) mass is 383 g/mol. The van der Waals surface area contributed by atoms with Gasteiger partial charge in [-0.25, -0.2) is 4.68 Å². The van der Waals surface area contributed by atoms with Crippen molar-refractivity contribution in [3.63, 3.8) is 0 Å². The van der Waals surface area contributed by atoms with Crippen LogP contribution in [0.3, 0.4) is 0 Å². The van der Waals surface area contributed by atoms with E-state index in [4.69, 9.17) is 0 Å². The molecule has 28 heavy (non-hydrogen) atoms. The van der Waals surface area contributed by atoms with Gasteiger partial charge in [0.1, 0.15) is 0 Å². The van der Waals surface area contributed by atoms with E-state index in [0.717, 1.165) is 24.3 Å². The van der Waals surface area contributed by atoms with Crippen molar-refractivity contribution in [2.24, 2.45) is 5.41 Å². The van der Waals surface area contributed by atoms with Crippen LogP contribution in [0.25, 0.3) is 5.69 Å². The fourth-order valence-electron chi connectivity index (χ4n) is 3.46. The summed E-state index contributed by atoms with van der Waals surface area (Å²) in [7, 11) is 0. The molecule has 150 valence electrons. The average Bonchev–Trinajstić information content (AvgIpc) is 3.17. The Bertz CT molecular complexity index is 810. The number of hydrogen-bond acceptors (Lipinski definition) is 4. The van der Waals surface area contributed by atoms with Crippen LogP contribution in [0.1, 0.15) is 32.8 Å². The zero-order valence-corrected chi connectivity index (χ0v) is 16.8. The van der Waals surface area contributed by atoms with Crippen molar-refractivity contribution in [3.05, 3.63) is 48.3 Å². The summed E-state index contributed by atoms with van der Waals surface area (Å²) in [5.41, 5.74) is 2.00. The number of nitrogens with one attached hydrogen (secondary N) is 2. The van der Waals surface area contributed by atoms with Crippen molar-refractivity contribution in [1.82, 2.24) is 25.3 Å². The molecule has 1 aromatic heterocycles. The van der Waals surface area contributed by atoms with Crippen LogP contribution in [0.2, 0.25) is 0 Å². The highest BCUT2D eigenvalue weighted by molar-refractivity contribution is 5.88. The molecule has 2 N–H and O–H groups in total. The van der Waals surface area contributed by atoms with Crippen LogP contribution in [0.15, 0.2) is 42.7 Å². The minimum Gasteiger partial charge on any atom is -0.353 e. The Morgan fingerprint density at radius 2 is 2.14 bits per heavy atom. The minimum absolute atomic E-state index is 0.0636. The van der Waals surface area contributed by atoms with E-state index in [1.54, 1.807) is 10.9 Å². The summed E-state index contributed by atoms with van der Waals surface area (Å²) in [5.74, 6) is -0.184. The molecule has 7 heteroatoms. The Labute approximate surface area is 166 Å². The first-order chi connectivity index (χ1) is 13.3. The smallest absolute Gasteiger partial charge is 0.237 e. The van der Waals surface area contributed by atoms with Gasteiger partial charge in [0.15, 0.2) is 0 Å². The van der Waals surface area contributed by atoms with Crippen molar-refractivity contribution in [3.8, 4) is 5.69 Å². The maximum absolute atomic E-state index is 12.5. The zero-order valence-electron chi connectivity index (χ0n) is 16.8. The lowest BCUT2D eigenvalue weighted by molar-refractivity contribution is -0.134. The van der Waals surface area contributed by atoms with Gasteiger partial charge in [0.05, 0.1) is 18.2 Å². The number of amides is 2. The molecule has 0 unspecified atom stereocenters. The van der Waals surface area contributed by atoms with Crippen molar-refractivity contribution in [1.29, 1.82) is 0 Å². The molecule has 0 aliphatic carbocycles. The predicted octanol–water partition coefficient (Wildman–Crippen LogP) is 1.73. The SMILES string of the molecule is CC(C)(C)CN1CCNC(=O)[C@@H]1CC(=O)NCc1cccc(-n2cccn2)c1. The molecular formula is C21H29N5O2. The summed E-state index contributed by atoms with van der Waals surface area (Å²) >= 11 is 0. The van der Waals surface area contributed by atoms with Crippen molar-refractivity contribution in [2.75, 3.05) is 19.6 Å². The number of aromatic nitrogens is 2. The van der Waals surface area contributed by atoms with Crippen LogP contribution in [0, 0.1) is 5.41 Å². The molecule has 1 aliphatic rings. The number of carbonyl (C=O) groups is 2. The fraction of sp³-hybridized carbons (Fsp3) is 0.476. The highest BCUT2D eigenvalue weighted by atomic mass is 16.2. The van der Waals surface area contributed by atoms with Gasteiger partial charge in [-0.3, -0.25) is 14.5 Å². The zero-order chi connectivity index (χ0) is 20.1. The summed E-state index contributed by atoms with van der Waals surface area (Å²) < 4.78 is 1.78. The Hall–Kier alpha value is -2.67. The maximum Gasteiger partial charge on any atom is 0.237 e. The first kappa shape index (κ1) is 20.1. The summed E-state index contributed by atoms with van der Waals surface area (Å²) in [4.78, 5) is 27.0. The van der Waals surface area contributed by atoms with E-state index in [2.05, 4.69) is 41.4 Å². The van der Waals surface area contributed by atoms with E-state index in [1.807, 2.05) is 36.5 Å². The molecule has 1 atom stereocenters. The maximum atomic E-state index is 12.5. The summed E-state index contributed by atoms with van der Waals surface area (Å²) in [6.07, 6.45) is 3.77. The van der Waals surface area contributed by atoms with E-state index in [-0.39, 0.29) is 23.7 Å². The number of carbonyl (C=O) groups excluding carboxylic acids is 2. The molecule has 1 saturated heterocycles. The first-order valence-electron chi connectivity index (χ1n) is 9.69. The van der Waals surface area contributed by atoms with Crippen LogP contribution in [-0.2, 0) is 16.1 Å². The number of piperazine rings is 1. The Balaban J connectivity index is 1.58. The van der Waals surface area contributed by atoms with Crippen LogP contribution in [-0.4, -0.2) is 52.2 Å². The van der Waals surface area contributed by atoms with Crippen molar-refractivity contribution in [2.45, 2.75) is 39.8 Å². The van der Waals surface area contributed by atoms with E-state index in [0.29, 0.717) is 13.1 Å². The largest absolute Gasteiger partial charge is 0.353 e. The lowest BCUT2D eigenvalue weighted by Crippen LogP contribution is -2.58. The Kier molecular flexibility index (Phi) is 6.14. The summed E-state index contributed by atoms with van der Waals surface area (Å²) in [6, 6.07) is 9.32. The van der Waals surface area contributed by atoms with E-state index in [9.17, 15) is 9.59 Å². The van der Waals surface area contributed by atoms with E-state index in [1.165, 1.54) is 0 Å². The van der Waals surface area contributed by atoms with Crippen LogP contribution < -0.4 is 10.6 Å². The third-order valence-corrected chi connectivity index (χ3v) is 4.67. The van der Waals surface area contributed by atoms with Gasteiger partial charge in [0, 0.05) is 38.6 Å².